The molecule has 2 aliphatic heterocycles. The normalized spacial score (nSPS) is 29.3. The summed E-state index contributed by atoms with van der Waals surface area (Å²) >= 11 is 0. The molecule has 2 atom stereocenters. The summed E-state index contributed by atoms with van der Waals surface area (Å²) in [7, 11) is -0.490. The lowest BCUT2D eigenvalue weighted by Gasteiger charge is -2.36. The molecule has 0 saturated carbocycles. The van der Waals surface area contributed by atoms with E-state index in [-0.39, 0.29) is 23.4 Å². The number of aromatic nitrogens is 2. The third-order valence-corrected chi connectivity index (χ3v) is 6.62. The number of sulfonamides is 1. The monoisotopic (exact) mass is 328 g/mol. The van der Waals surface area contributed by atoms with Crippen LogP contribution in [0.2, 0.25) is 0 Å². The van der Waals surface area contributed by atoms with Crippen molar-refractivity contribution >= 4 is 15.9 Å². The summed E-state index contributed by atoms with van der Waals surface area (Å²) in [5, 5.41) is 6.74. The van der Waals surface area contributed by atoms with E-state index in [0.29, 0.717) is 26.2 Å². The van der Waals surface area contributed by atoms with Crippen LogP contribution in [0.1, 0.15) is 6.42 Å². The van der Waals surface area contributed by atoms with Crippen molar-refractivity contribution < 1.29 is 17.9 Å². The summed E-state index contributed by atoms with van der Waals surface area (Å²) in [5.41, 5.74) is -0.696. The molecule has 2 saturated heterocycles. The van der Waals surface area contributed by atoms with E-state index in [2.05, 4.69) is 10.4 Å². The van der Waals surface area contributed by atoms with Crippen LogP contribution < -0.4 is 5.32 Å². The molecule has 0 unspecified atom stereocenters. The van der Waals surface area contributed by atoms with E-state index in [1.807, 2.05) is 0 Å². The minimum Gasteiger partial charge on any atom is -0.381 e. The Kier molecular flexibility index (Phi) is 3.74. The van der Waals surface area contributed by atoms with Crippen molar-refractivity contribution in [2.45, 2.75) is 11.4 Å². The highest BCUT2D eigenvalue weighted by Crippen LogP contribution is 2.44. The van der Waals surface area contributed by atoms with Crippen molar-refractivity contribution in [1.29, 1.82) is 0 Å². The third kappa shape index (κ3) is 2.15. The van der Waals surface area contributed by atoms with Crippen molar-refractivity contribution in [3.8, 4) is 0 Å². The number of rotatable bonds is 3. The van der Waals surface area contributed by atoms with Gasteiger partial charge in [0.1, 0.15) is 0 Å². The number of ether oxygens (including phenoxy) is 1. The van der Waals surface area contributed by atoms with Gasteiger partial charge in [-0.3, -0.25) is 9.48 Å². The molecule has 2 aliphatic rings. The minimum absolute atomic E-state index is 0.108. The molecule has 3 rings (SSSR count). The van der Waals surface area contributed by atoms with Gasteiger partial charge in [-0.25, -0.2) is 8.42 Å². The van der Waals surface area contributed by atoms with Crippen LogP contribution in [0.15, 0.2) is 17.3 Å². The summed E-state index contributed by atoms with van der Waals surface area (Å²) < 4.78 is 33.8. The van der Waals surface area contributed by atoms with Crippen molar-refractivity contribution in [3.05, 3.63) is 12.3 Å². The zero-order chi connectivity index (χ0) is 16.0. The van der Waals surface area contributed by atoms with E-state index in [9.17, 15) is 13.2 Å². The van der Waals surface area contributed by atoms with Gasteiger partial charge in [0.15, 0.2) is 5.03 Å². The summed E-state index contributed by atoms with van der Waals surface area (Å²) in [6.07, 6.45) is 1.99. The number of hydrogen-bond donors (Lipinski definition) is 1. The van der Waals surface area contributed by atoms with Crippen molar-refractivity contribution in [1.82, 2.24) is 19.4 Å². The SMILES string of the molecule is CNC(=O)[C@]12CCOC[C@H]1CN(S(=O)(=O)c1ccnn1C)C2. The van der Waals surface area contributed by atoms with Crippen LogP contribution in [0, 0.1) is 11.3 Å². The molecule has 8 nitrogen and oxygen atoms in total. The topological polar surface area (TPSA) is 93.5 Å². The van der Waals surface area contributed by atoms with Gasteiger partial charge in [0.25, 0.3) is 10.0 Å². The summed E-state index contributed by atoms with van der Waals surface area (Å²) in [6, 6.07) is 1.47. The first-order chi connectivity index (χ1) is 10.4. The molecule has 0 spiro atoms. The molecule has 1 N–H and O–H groups in total. The van der Waals surface area contributed by atoms with Crippen LogP contribution in [0.3, 0.4) is 0 Å². The predicted molar refractivity (Wildman–Crippen MR) is 77.4 cm³/mol. The smallest absolute Gasteiger partial charge is 0.260 e. The summed E-state index contributed by atoms with van der Waals surface area (Å²) in [4.78, 5) is 12.4. The Morgan fingerprint density at radius 1 is 1.55 bits per heavy atom. The Labute approximate surface area is 129 Å². The van der Waals surface area contributed by atoms with Gasteiger partial charge in [-0.1, -0.05) is 0 Å². The number of fused-ring (bicyclic) bond motifs is 1. The largest absolute Gasteiger partial charge is 0.381 e. The van der Waals surface area contributed by atoms with E-state index in [4.69, 9.17) is 4.74 Å². The van der Waals surface area contributed by atoms with E-state index < -0.39 is 15.4 Å². The quantitative estimate of drug-likeness (QED) is 0.783. The molecule has 0 aromatic carbocycles. The van der Waals surface area contributed by atoms with Gasteiger partial charge in [0.05, 0.1) is 18.2 Å². The van der Waals surface area contributed by atoms with E-state index in [1.165, 1.54) is 21.3 Å². The molecule has 1 amide bonds. The van der Waals surface area contributed by atoms with Gasteiger partial charge in [-0.15, -0.1) is 0 Å². The van der Waals surface area contributed by atoms with Gasteiger partial charge in [-0.05, 0) is 12.5 Å². The fourth-order valence-corrected chi connectivity index (χ4v) is 5.11. The van der Waals surface area contributed by atoms with Crippen molar-refractivity contribution in [3.63, 3.8) is 0 Å². The van der Waals surface area contributed by atoms with Gasteiger partial charge in [0.2, 0.25) is 5.91 Å². The predicted octanol–water partition coefficient (Wildman–Crippen LogP) is -0.807. The fraction of sp³-hybridized carbons (Fsp3) is 0.692. The zero-order valence-electron chi connectivity index (χ0n) is 12.7. The van der Waals surface area contributed by atoms with Crippen LogP contribution in [-0.2, 0) is 26.6 Å². The Morgan fingerprint density at radius 2 is 2.32 bits per heavy atom. The van der Waals surface area contributed by atoms with Crippen molar-refractivity contribution in [2.75, 3.05) is 33.4 Å². The zero-order valence-corrected chi connectivity index (χ0v) is 13.5. The number of hydrogen-bond acceptors (Lipinski definition) is 5. The first-order valence-electron chi connectivity index (χ1n) is 7.20. The summed E-state index contributed by atoms with van der Waals surface area (Å²) in [5.74, 6) is -0.229. The van der Waals surface area contributed by atoms with Crippen LogP contribution in [0.25, 0.3) is 0 Å². The minimum atomic E-state index is -3.67. The molecule has 0 radical (unpaired) electrons. The van der Waals surface area contributed by atoms with E-state index in [0.717, 1.165) is 0 Å². The first kappa shape index (κ1) is 15.4. The van der Waals surface area contributed by atoms with Crippen LogP contribution in [0.5, 0.6) is 0 Å². The maximum Gasteiger partial charge on any atom is 0.260 e. The van der Waals surface area contributed by atoms with Crippen LogP contribution in [-0.4, -0.2) is 61.8 Å². The number of nitrogens with one attached hydrogen (secondary N) is 1. The van der Waals surface area contributed by atoms with Gasteiger partial charge in [0, 0.05) is 39.7 Å². The second-order valence-corrected chi connectivity index (χ2v) is 7.73. The Bertz CT molecular complexity index is 686. The van der Waals surface area contributed by atoms with Crippen LogP contribution >= 0.6 is 0 Å². The number of aryl methyl sites for hydroxylation is 1. The first-order valence-corrected chi connectivity index (χ1v) is 8.64. The number of carbonyl (C=O) groups is 1. The highest BCUT2D eigenvalue weighted by molar-refractivity contribution is 7.89. The molecule has 0 bridgehead atoms. The second kappa shape index (κ2) is 5.32. The number of carbonyl (C=O) groups excluding carboxylic acids is 1. The van der Waals surface area contributed by atoms with Crippen molar-refractivity contribution in [2.24, 2.45) is 18.4 Å². The molecule has 122 valence electrons. The van der Waals surface area contributed by atoms with Gasteiger partial charge >= 0.3 is 0 Å². The van der Waals surface area contributed by atoms with E-state index in [1.54, 1.807) is 14.1 Å². The average Bonchev–Trinajstić information content (AvgIpc) is 3.11. The summed E-state index contributed by atoms with van der Waals surface area (Å²) in [6.45, 7) is 1.36. The molecule has 22 heavy (non-hydrogen) atoms. The van der Waals surface area contributed by atoms with Gasteiger partial charge < -0.3 is 10.1 Å². The molecule has 1 aromatic rings. The highest BCUT2D eigenvalue weighted by Gasteiger charge is 2.56. The molecular weight excluding hydrogens is 308 g/mol. The average molecular weight is 328 g/mol. The molecule has 1 aromatic heterocycles. The molecular formula is C13H20N4O4S. The highest BCUT2D eigenvalue weighted by atomic mass is 32.2. The second-order valence-electron chi connectivity index (χ2n) is 5.85. The molecule has 2 fully saturated rings. The fourth-order valence-electron chi connectivity index (χ4n) is 3.45. The number of nitrogens with zero attached hydrogens (tertiary/aromatic N) is 3. The molecule has 9 heteroatoms. The Hall–Kier alpha value is -1.45. The lowest BCUT2D eigenvalue weighted by molar-refractivity contribution is -0.138. The molecule has 0 aliphatic carbocycles. The van der Waals surface area contributed by atoms with E-state index >= 15 is 0 Å². The lowest BCUT2D eigenvalue weighted by Crippen LogP contribution is -2.49. The maximum atomic E-state index is 12.8. The Balaban J connectivity index is 1.95. The standard InChI is InChI=1S/C13H20N4O4S/c1-14-12(18)13-4-6-21-8-10(13)7-17(9-13)22(19,20)11-3-5-15-16(11)2/h3,5,10H,4,6-9H2,1-2H3,(H,14,18)/t10-,13+/m1/s1. The molecule has 3 heterocycles. The number of amides is 1. The lowest BCUT2D eigenvalue weighted by atomic mass is 9.73. The Morgan fingerprint density at radius 3 is 2.95 bits per heavy atom. The van der Waals surface area contributed by atoms with Crippen LogP contribution in [0.4, 0.5) is 0 Å². The third-order valence-electron chi connectivity index (χ3n) is 4.73. The maximum absolute atomic E-state index is 12.8. The van der Waals surface area contributed by atoms with Gasteiger partial charge in [-0.2, -0.15) is 9.40 Å².